The Morgan fingerprint density at radius 2 is 1.79 bits per heavy atom. The van der Waals surface area contributed by atoms with Crippen molar-refractivity contribution in [3.63, 3.8) is 0 Å². The smallest absolute Gasteiger partial charge is 0.330 e. The third kappa shape index (κ3) is 5.34. The summed E-state index contributed by atoms with van der Waals surface area (Å²) in [5, 5.41) is 0. The van der Waals surface area contributed by atoms with Crippen molar-refractivity contribution in [2.45, 2.75) is 52.5 Å². The fraction of sp³-hybridized carbons (Fsp3) is 0.450. The van der Waals surface area contributed by atoms with Crippen molar-refractivity contribution in [1.29, 1.82) is 0 Å². The average molecular weight is 451 g/mol. The first kappa shape index (κ1) is 21.9. The Hall–Kier alpha value is -2.35. The molecular formula is C20H27BrN4O3. The van der Waals surface area contributed by atoms with Gasteiger partial charge in [-0.25, -0.2) is 4.79 Å². The van der Waals surface area contributed by atoms with Crippen LogP contribution < -0.4 is 21.9 Å². The molecule has 7 nitrogen and oxygen atoms in total. The zero-order valence-electron chi connectivity index (χ0n) is 16.3. The number of nitrogen functional groups attached to an aromatic ring is 1. The molecule has 0 atom stereocenters. The number of amides is 1. The lowest BCUT2D eigenvalue weighted by molar-refractivity contribution is -0.118. The second-order valence-corrected chi connectivity index (χ2v) is 7.62. The van der Waals surface area contributed by atoms with E-state index in [-0.39, 0.29) is 23.8 Å². The Bertz CT molecular complexity index is 919. The van der Waals surface area contributed by atoms with Gasteiger partial charge in [0, 0.05) is 17.6 Å². The number of hydrogen-bond acceptors (Lipinski definition) is 4. The third-order valence-corrected chi connectivity index (χ3v) is 5.05. The van der Waals surface area contributed by atoms with E-state index in [1.54, 1.807) is 0 Å². The van der Waals surface area contributed by atoms with E-state index < -0.39 is 11.2 Å². The lowest BCUT2D eigenvalue weighted by Crippen LogP contribution is -2.42. The minimum absolute atomic E-state index is 0.0439. The molecule has 0 bridgehead atoms. The Labute approximate surface area is 172 Å². The van der Waals surface area contributed by atoms with Crippen LogP contribution in [0.1, 0.15) is 45.1 Å². The number of halogens is 1. The molecule has 0 unspecified atom stereocenters. The van der Waals surface area contributed by atoms with Gasteiger partial charge in [-0.2, -0.15) is 0 Å². The molecule has 0 spiro atoms. The summed E-state index contributed by atoms with van der Waals surface area (Å²) in [6.45, 7) is 4.77. The molecule has 0 radical (unpaired) electrons. The number of benzene rings is 1. The number of nitrogens with one attached hydrogen (secondary N) is 1. The minimum Gasteiger partial charge on any atom is -0.383 e. The van der Waals surface area contributed by atoms with Crippen LogP contribution in [0.5, 0.6) is 0 Å². The molecule has 0 aliphatic heterocycles. The molecule has 152 valence electrons. The van der Waals surface area contributed by atoms with Crippen LogP contribution in [-0.2, 0) is 17.8 Å². The fourth-order valence-electron chi connectivity index (χ4n) is 2.93. The number of aromatic amines is 1. The van der Waals surface area contributed by atoms with E-state index in [1.165, 1.54) is 9.47 Å². The summed E-state index contributed by atoms with van der Waals surface area (Å²) in [5.41, 5.74) is 5.92. The summed E-state index contributed by atoms with van der Waals surface area (Å²) in [4.78, 5) is 41.5. The Morgan fingerprint density at radius 1 is 1.14 bits per heavy atom. The monoisotopic (exact) mass is 450 g/mol. The van der Waals surface area contributed by atoms with E-state index in [2.05, 4.69) is 20.9 Å². The third-order valence-electron chi connectivity index (χ3n) is 4.52. The Balaban J connectivity index is 2.43. The number of anilines is 2. The van der Waals surface area contributed by atoms with E-state index in [0.29, 0.717) is 13.1 Å². The van der Waals surface area contributed by atoms with Gasteiger partial charge in [-0.3, -0.25) is 19.1 Å². The van der Waals surface area contributed by atoms with Gasteiger partial charge in [-0.05, 0) is 30.5 Å². The fourth-order valence-corrected chi connectivity index (χ4v) is 3.19. The quantitative estimate of drug-likeness (QED) is 0.612. The molecular weight excluding hydrogens is 424 g/mol. The summed E-state index contributed by atoms with van der Waals surface area (Å²) >= 11 is 3.38. The molecule has 0 aliphatic rings. The van der Waals surface area contributed by atoms with Crippen molar-refractivity contribution in [1.82, 2.24) is 9.55 Å². The minimum atomic E-state index is -0.629. The van der Waals surface area contributed by atoms with Crippen molar-refractivity contribution in [3.05, 3.63) is 55.1 Å². The van der Waals surface area contributed by atoms with Gasteiger partial charge in [0.1, 0.15) is 5.82 Å². The molecule has 2 aromatic rings. The molecule has 1 aromatic heterocycles. The summed E-state index contributed by atoms with van der Waals surface area (Å²) in [6.07, 6.45) is 3.35. The molecule has 3 N–H and O–H groups in total. The van der Waals surface area contributed by atoms with Crippen LogP contribution in [0.15, 0.2) is 38.3 Å². The normalized spacial score (nSPS) is 10.8. The van der Waals surface area contributed by atoms with Crippen molar-refractivity contribution in [2.75, 3.05) is 17.2 Å². The van der Waals surface area contributed by atoms with Crippen LogP contribution in [0.25, 0.3) is 0 Å². The summed E-state index contributed by atoms with van der Waals surface area (Å²) in [5.74, 6) is -0.184. The largest absolute Gasteiger partial charge is 0.383 e. The van der Waals surface area contributed by atoms with Gasteiger partial charge in [0.05, 0.1) is 6.42 Å². The number of nitrogens with zero attached hydrogens (tertiary/aromatic N) is 2. The Kier molecular flexibility index (Phi) is 8.04. The number of carbonyl (C=O) groups excluding carboxylic acids is 1. The van der Waals surface area contributed by atoms with Crippen LogP contribution >= 0.6 is 15.9 Å². The molecule has 1 aromatic carbocycles. The van der Waals surface area contributed by atoms with Crippen LogP contribution in [0.4, 0.5) is 11.5 Å². The number of unbranched alkanes of at least 4 members (excludes halogenated alkanes) is 2. The van der Waals surface area contributed by atoms with Crippen LogP contribution in [-0.4, -0.2) is 22.0 Å². The van der Waals surface area contributed by atoms with Crippen LogP contribution in [0, 0.1) is 0 Å². The maximum Gasteiger partial charge on any atom is 0.330 e. The number of hydrogen-bond donors (Lipinski definition) is 2. The molecule has 1 heterocycles. The van der Waals surface area contributed by atoms with E-state index in [4.69, 9.17) is 5.73 Å². The van der Waals surface area contributed by atoms with Crippen molar-refractivity contribution in [3.8, 4) is 0 Å². The highest BCUT2D eigenvalue weighted by atomic mass is 79.9. The zero-order valence-corrected chi connectivity index (χ0v) is 17.9. The topological polar surface area (TPSA) is 101 Å². The number of rotatable bonds is 9. The first-order valence-electron chi connectivity index (χ1n) is 9.56. The maximum absolute atomic E-state index is 13.0. The molecule has 2 rings (SSSR count). The number of nitrogens with two attached hydrogens (primary N) is 1. The second kappa shape index (κ2) is 10.3. The summed E-state index contributed by atoms with van der Waals surface area (Å²) < 4.78 is 2.27. The molecule has 0 aliphatic carbocycles. The molecule has 0 fully saturated rings. The first-order valence-corrected chi connectivity index (χ1v) is 10.4. The number of carbonyl (C=O) groups is 1. The highest BCUT2D eigenvalue weighted by Crippen LogP contribution is 2.20. The summed E-state index contributed by atoms with van der Waals surface area (Å²) in [7, 11) is 0. The van der Waals surface area contributed by atoms with Gasteiger partial charge in [0.2, 0.25) is 5.91 Å². The van der Waals surface area contributed by atoms with E-state index in [0.717, 1.165) is 35.7 Å². The first-order chi connectivity index (χ1) is 13.4. The zero-order chi connectivity index (χ0) is 20.7. The molecule has 0 saturated carbocycles. The highest BCUT2D eigenvalue weighted by Gasteiger charge is 2.24. The van der Waals surface area contributed by atoms with Gasteiger partial charge >= 0.3 is 5.69 Å². The van der Waals surface area contributed by atoms with Crippen molar-refractivity contribution >= 4 is 33.3 Å². The number of H-pyrrole nitrogens is 1. The second-order valence-electron chi connectivity index (χ2n) is 6.70. The van der Waals surface area contributed by atoms with E-state index in [1.807, 2.05) is 38.1 Å². The van der Waals surface area contributed by atoms with E-state index >= 15 is 0 Å². The van der Waals surface area contributed by atoms with Crippen LogP contribution in [0.3, 0.4) is 0 Å². The molecule has 28 heavy (non-hydrogen) atoms. The van der Waals surface area contributed by atoms with Gasteiger partial charge in [0.25, 0.3) is 5.56 Å². The standard InChI is InChI=1S/C20H27BrN4O3/c1-3-5-11-24(16(26)13-14-7-9-15(21)10-8-14)17-18(22)25(12-6-4-2)20(28)23-19(17)27/h7-10H,3-6,11-13,22H2,1-2H3,(H,23,27,28). The van der Waals surface area contributed by atoms with E-state index in [9.17, 15) is 14.4 Å². The van der Waals surface area contributed by atoms with Gasteiger partial charge in [-0.1, -0.05) is 54.8 Å². The van der Waals surface area contributed by atoms with Crippen LogP contribution in [0.2, 0.25) is 0 Å². The summed E-state index contributed by atoms with van der Waals surface area (Å²) in [6, 6.07) is 7.45. The average Bonchev–Trinajstić information content (AvgIpc) is 2.65. The lowest BCUT2D eigenvalue weighted by Gasteiger charge is -2.24. The Morgan fingerprint density at radius 3 is 2.39 bits per heavy atom. The van der Waals surface area contributed by atoms with Crippen molar-refractivity contribution < 1.29 is 4.79 Å². The predicted octanol–water partition coefficient (Wildman–Crippen LogP) is 3.06. The SMILES string of the molecule is CCCCN(C(=O)Cc1ccc(Br)cc1)c1c(N)n(CCCC)c(=O)[nH]c1=O. The van der Waals surface area contributed by atoms with Gasteiger partial charge < -0.3 is 10.6 Å². The number of aromatic nitrogens is 2. The maximum atomic E-state index is 13.0. The highest BCUT2D eigenvalue weighted by molar-refractivity contribution is 9.10. The van der Waals surface area contributed by atoms with Gasteiger partial charge in [-0.15, -0.1) is 0 Å². The van der Waals surface area contributed by atoms with Crippen molar-refractivity contribution in [2.24, 2.45) is 0 Å². The van der Waals surface area contributed by atoms with Gasteiger partial charge in [0.15, 0.2) is 5.69 Å². The molecule has 8 heteroatoms. The lowest BCUT2D eigenvalue weighted by atomic mass is 10.1. The molecule has 0 saturated heterocycles. The predicted molar refractivity (Wildman–Crippen MR) is 116 cm³/mol. The molecule has 1 amide bonds.